The summed E-state index contributed by atoms with van der Waals surface area (Å²) in [5.41, 5.74) is 1.09. The van der Waals surface area contributed by atoms with Crippen molar-refractivity contribution in [3.63, 3.8) is 0 Å². The first-order valence-corrected chi connectivity index (χ1v) is 7.27. The molecule has 2 aromatic rings. The summed E-state index contributed by atoms with van der Waals surface area (Å²) in [6.45, 7) is 2.72. The summed E-state index contributed by atoms with van der Waals surface area (Å²) < 4.78 is 3.85. The molecule has 0 radical (unpaired) electrons. The zero-order chi connectivity index (χ0) is 14.8. The fourth-order valence-electron chi connectivity index (χ4n) is 2.74. The quantitative estimate of drug-likeness (QED) is 0.882. The summed E-state index contributed by atoms with van der Waals surface area (Å²) >= 11 is 0. The standard InChI is InChI=1S/C14H20N6O/c1-10-17-18-13-5-4-12(9-20(10)13)16-14(21)6-3-11-7-15-19(2)8-11/h7-8,12H,3-6,9H2,1-2H3,(H,16,21)/t12-/m1/s1. The molecular weight excluding hydrogens is 268 g/mol. The van der Waals surface area contributed by atoms with Crippen molar-refractivity contribution in [1.29, 1.82) is 0 Å². The number of fused-ring (bicyclic) bond motifs is 1. The van der Waals surface area contributed by atoms with Crippen LogP contribution in [-0.4, -0.2) is 36.5 Å². The van der Waals surface area contributed by atoms with Crippen LogP contribution in [0.4, 0.5) is 0 Å². The van der Waals surface area contributed by atoms with E-state index in [0.29, 0.717) is 6.42 Å². The van der Waals surface area contributed by atoms with E-state index in [9.17, 15) is 4.79 Å². The van der Waals surface area contributed by atoms with Gasteiger partial charge in [-0.05, 0) is 25.3 Å². The molecule has 0 bridgehead atoms. The topological polar surface area (TPSA) is 77.6 Å². The van der Waals surface area contributed by atoms with E-state index in [-0.39, 0.29) is 11.9 Å². The van der Waals surface area contributed by atoms with Crippen LogP contribution < -0.4 is 5.32 Å². The van der Waals surface area contributed by atoms with Gasteiger partial charge in [0, 0.05) is 38.7 Å². The lowest BCUT2D eigenvalue weighted by molar-refractivity contribution is -0.122. The fourth-order valence-corrected chi connectivity index (χ4v) is 2.74. The molecule has 3 rings (SSSR count). The van der Waals surface area contributed by atoms with Crippen LogP contribution in [0, 0.1) is 6.92 Å². The molecule has 7 nitrogen and oxygen atoms in total. The van der Waals surface area contributed by atoms with Gasteiger partial charge in [-0.2, -0.15) is 5.10 Å². The van der Waals surface area contributed by atoms with Gasteiger partial charge in [-0.1, -0.05) is 0 Å². The molecule has 0 aliphatic carbocycles. The van der Waals surface area contributed by atoms with Crippen LogP contribution in [0.3, 0.4) is 0 Å². The molecule has 112 valence electrons. The molecule has 0 saturated heterocycles. The Kier molecular flexibility index (Phi) is 3.72. The highest BCUT2D eigenvalue weighted by molar-refractivity contribution is 5.76. The molecule has 1 aliphatic heterocycles. The molecule has 0 spiro atoms. The Morgan fingerprint density at radius 3 is 3.10 bits per heavy atom. The molecule has 3 heterocycles. The van der Waals surface area contributed by atoms with Crippen molar-refractivity contribution in [3.05, 3.63) is 29.6 Å². The molecular formula is C14H20N6O. The summed E-state index contributed by atoms with van der Waals surface area (Å²) in [7, 11) is 1.88. The molecule has 1 N–H and O–H groups in total. The summed E-state index contributed by atoms with van der Waals surface area (Å²) in [5.74, 6) is 2.03. The van der Waals surface area contributed by atoms with E-state index >= 15 is 0 Å². The van der Waals surface area contributed by atoms with Crippen LogP contribution >= 0.6 is 0 Å². The molecule has 0 fully saturated rings. The molecule has 1 aliphatic rings. The van der Waals surface area contributed by atoms with E-state index in [1.807, 2.05) is 20.2 Å². The number of rotatable bonds is 4. The number of carbonyl (C=O) groups excluding carboxylic acids is 1. The number of hydrogen-bond donors (Lipinski definition) is 1. The van der Waals surface area contributed by atoms with Crippen molar-refractivity contribution < 1.29 is 4.79 Å². The Bertz CT molecular complexity index is 644. The summed E-state index contributed by atoms with van der Waals surface area (Å²) in [5, 5.41) is 15.4. The second kappa shape index (κ2) is 5.67. The molecule has 1 atom stereocenters. The normalized spacial score (nSPS) is 17.5. The summed E-state index contributed by atoms with van der Waals surface area (Å²) in [4.78, 5) is 12.0. The zero-order valence-corrected chi connectivity index (χ0v) is 12.4. The van der Waals surface area contributed by atoms with Gasteiger partial charge in [0.2, 0.25) is 5.91 Å². The van der Waals surface area contributed by atoms with E-state index in [1.165, 1.54) is 0 Å². The monoisotopic (exact) mass is 288 g/mol. The first-order valence-electron chi connectivity index (χ1n) is 7.27. The Morgan fingerprint density at radius 1 is 1.48 bits per heavy atom. The zero-order valence-electron chi connectivity index (χ0n) is 12.4. The van der Waals surface area contributed by atoms with Gasteiger partial charge >= 0.3 is 0 Å². The molecule has 21 heavy (non-hydrogen) atoms. The minimum atomic E-state index is 0.0954. The number of nitrogens with one attached hydrogen (secondary N) is 1. The highest BCUT2D eigenvalue weighted by atomic mass is 16.1. The number of carbonyl (C=O) groups is 1. The Morgan fingerprint density at radius 2 is 2.33 bits per heavy atom. The van der Waals surface area contributed by atoms with Crippen LogP contribution in [0.15, 0.2) is 12.4 Å². The van der Waals surface area contributed by atoms with Gasteiger partial charge in [-0.15, -0.1) is 10.2 Å². The number of aromatic nitrogens is 5. The van der Waals surface area contributed by atoms with Crippen molar-refractivity contribution in [1.82, 2.24) is 29.9 Å². The van der Waals surface area contributed by atoms with Crippen molar-refractivity contribution in [2.45, 2.75) is 45.2 Å². The van der Waals surface area contributed by atoms with E-state index in [2.05, 4.69) is 25.2 Å². The minimum absolute atomic E-state index is 0.0954. The molecule has 2 aromatic heterocycles. The van der Waals surface area contributed by atoms with Crippen LogP contribution in [0.25, 0.3) is 0 Å². The van der Waals surface area contributed by atoms with Crippen LogP contribution in [-0.2, 0) is 31.2 Å². The van der Waals surface area contributed by atoms with Gasteiger partial charge in [-0.25, -0.2) is 0 Å². The van der Waals surface area contributed by atoms with Gasteiger partial charge < -0.3 is 9.88 Å². The van der Waals surface area contributed by atoms with Gasteiger partial charge in [0.25, 0.3) is 0 Å². The van der Waals surface area contributed by atoms with E-state index in [0.717, 1.165) is 43.0 Å². The summed E-state index contributed by atoms with van der Waals surface area (Å²) in [6.07, 6.45) is 6.77. The molecule has 0 unspecified atom stereocenters. The fraction of sp³-hybridized carbons (Fsp3) is 0.571. The smallest absolute Gasteiger partial charge is 0.220 e. The Labute approximate surface area is 123 Å². The maximum Gasteiger partial charge on any atom is 0.220 e. The third kappa shape index (κ3) is 3.12. The maximum atomic E-state index is 12.0. The minimum Gasteiger partial charge on any atom is -0.352 e. The maximum absolute atomic E-state index is 12.0. The lowest BCUT2D eigenvalue weighted by Gasteiger charge is -2.24. The number of amides is 1. The predicted molar refractivity (Wildman–Crippen MR) is 76.5 cm³/mol. The van der Waals surface area contributed by atoms with Gasteiger partial charge in [0.15, 0.2) is 0 Å². The highest BCUT2D eigenvalue weighted by Gasteiger charge is 2.22. The van der Waals surface area contributed by atoms with E-state index in [4.69, 9.17) is 0 Å². The third-order valence-electron chi connectivity index (χ3n) is 3.90. The predicted octanol–water partition coefficient (Wildman–Crippen LogP) is 0.384. The average molecular weight is 288 g/mol. The van der Waals surface area contributed by atoms with Crippen LogP contribution in [0.1, 0.15) is 30.1 Å². The van der Waals surface area contributed by atoms with Crippen molar-refractivity contribution in [2.24, 2.45) is 7.05 Å². The van der Waals surface area contributed by atoms with Crippen molar-refractivity contribution in [2.75, 3.05) is 0 Å². The number of hydrogen-bond acceptors (Lipinski definition) is 4. The second-order valence-corrected chi connectivity index (χ2v) is 5.60. The van der Waals surface area contributed by atoms with Crippen molar-refractivity contribution >= 4 is 5.91 Å². The number of nitrogens with zero attached hydrogens (tertiary/aromatic N) is 5. The van der Waals surface area contributed by atoms with Gasteiger partial charge in [0.05, 0.1) is 6.20 Å². The van der Waals surface area contributed by atoms with E-state index < -0.39 is 0 Å². The first-order chi connectivity index (χ1) is 10.1. The number of aryl methyl sites for hydroxylation is 4. The first kappa shape index (κ1) is 13.8. The average Bonchev–Trinajstić information content (AvgIpc) is 3.04. The Balaban J connectivity index is 1.50. The highest BCUT2D eigenvalue weighted by Crippen LogP contribution is 2.14. The summed E-state index contributed by atoms with van der Waals surface area (Å²) in [6, 6.07) is 0.175. The second-order valence-electron chi connectivity index (χ2n) is 5.60. The molecule has 0 saturated carbocycles. The van der Waals surface area contributed by atoms with E-state index in [1.54, 1.807) is 10.9 Å². The molecule has 7 heteroatoms. The SMILES string of the molecule is Cc1nnc2n1C[C@H](NC(=O)CCc1cnn(C)c1)CC2. The largest absolute Gasteiger partial charge is 0.352 e. The van der Waals surface area contributed by atoms with Gasteiger partial charge in [0.1, 0.15) is 11.6 Å². The molecule has 1 amide bonds. The lowest BCUT2D eigenvalue weighted by Crippen LogP contribution is -2.41. The van der Waals surface area contributed by atoms with Gasteiger partial charge in [-0.3, -0.25) is 9.48 Å². The van der Waals surface area contributed by atoms with Crippen molar-refractivity contribution in [3.8, 4) is 0 Å². The lowest BCUT2D eigenvalue weighted by atomic mass is 10.1. The Hall–Kier alpha value is -2.18. The van der Waals surface area contributed by atoms with Crippen LogP contribution in [0.2, 0.25) is 0 Å². The van der Waals surface area contributed by atoms with Crippen LogP contribution in [0.5, 0.6) is 0 Å². The molecule has 0 aromatic carbocycles. The third-order valence-corrected chi connectivity index (χ3v) is 3.90.